The van der Waals surface area contributed by atoms with Gasteiger partial charge in [0.25, 0.3) is 11.5 Å². The minimum Gasteiger partial charge on any atom is -0.497 e. The fourth-order valence-corrected chi connectivity index (χ4v) is 2.40. The van der Waals surface area contributed by atoms with Gasteiger partial charge in [-0.1, -0.05) is 18.2 Å². The lowest BCUT2D eigenvalue weighted by Gasteiger charge is -2.06. The van der Waals surface area contributed by atoms with Crippen molar-refractivity contribution in [3.8, 4) is 5.75 Å². The van der Waals surface area contributed by atoms with E-state index >= 15 is 0 Å². The third kappa shape index (κ3) is 4.17. The van der Waals surface area contributed by atoms with Crippen LogP contribution in [0, 0.1) is 0 Å². The van der Waals surface area contributed by atoms with E-state index in [0.29, 0.717) is 12.3 Å². The van der Waals surface area contributed by atoms with Crippen LogP contribution < -0.4 is 15.6 Å². The molecule has 0 aliphatic heterocycles. The van der Waals surface area contributed by atoms with Gasteiger partial charge in [0.2, 0.25) is 0 Å². The molecule has 2 aromatic heterocycles. The third-order valence-corrected chi connectivity index (χ3v) is 3.70. The predicted octanol–water partition coefficient (Wildman–Crippen LogP) is 2.43. The lowest BCUT2D eigenvalue weighted by atomic mass is 10.2. The van der Waals surface area contributed by atoms with Crippen molar-refractivity contribution in [3.05, 3.63) is 88.2 Å². The zero-order chi connectivity index (χ0) is 17.6. The molecule has 0 bridgehead atoms. The Morgan fingerprint density at radius 1 is 1.16 bits per heavy atom. The number of hydrogen-bond acceptors (Lipinski definition) is 4. The van der Waals surface area contributed by atoms with Crippen LogP contribution >= 0.6 is 0 Å². The molecule has 3 aromatic rings. The number of nitrogens with one attached hydrogen (secondary N) is 1. The number of nitrogens with zero attached hydrogens (tertiary/aromatic N) is 1. The fraction of sp³-hybridized carbons (Fsp3) is 0.158. The molecule has 6 heteroatoms. The molecule has 0 spiro atoms. The minimum atomic E-state index is -0.311. The molecule has 0 saturated heterocycles. The second-order valence-electron chi connectivity index (χ2n) is 5.47. The zero-order valence-corrected chi connectivity index (χ0v) is 13.8. The maximum Gasteiger partial charge on any atom is 0.287 e. The average molecular weight is 338 g/mol. The number of ether oxygens (including phenoxy) is 1. The number of furan rings is 1. The highest BCUT2D eigenvalue weighted by Crippen LogP contribution is 2.13. The number of carbonyl (C=O) groups is 1. The van der Waals surface area contributed by atoms with Crippen LogP contribution in [0.15, 0.2) is 70.0 Å². The molecule has 3 rings (SSSR count). The van der Waals surface area contributed by atoms with Gasteiger partial charge in [-0.2, -0.15) is 0 Å². The molecule has 0 atom stereocenters. The van der Waals surface area contributed by atoms with E-state index in [-0.39, 0.29) is 23.8 Å². The molecule has 25 heavy (non-hydrogen) atoms. The monoisotopic (exact) mass is 338 g/mol. The van der Waals surface area contributed by atoms with Gasteiger partial charge < -0.3 is 19.0 Å². The van der Waals surface area contributed by atoms with Gasteiger partial charge in [0, 0.05) is 18.8 Å². The van der Waals surface area contributed by atoms with Crippen LogP contribution in [0.5, 0.6) is 5.75 Å². The summed E-state index contributed by atoms with van der Waals surface area (Å²) in [7, 11) is 1.60. The fourth-order valence-electron chi connectivity index (χ4n) is 2.40. The SMILES string of the molecule is COc1cccc(CNC(=O)c2ccc(Cn3ccccc3=O)o2)c1. The standard InChI is InChI=1S/C19H18N2O4/c1-24-15-6-4-5-14(11-15)12-20-19(23)17-9-8-16(25-17)13-21-10-3-2-7-18(21)22/h2-11H,12-13H2,1H3,(H,20,23). The molecule has 6 nitrogen and oxygen atoms in total. The molecule has 0 unspecified atom stereocenters. The van der Waals surface area contributed by atoms with E-state index in [4.69, 9.17) is 9.15 Å². The van der Waals surface area contributed by atoms with Crippen molar-refractivity contribution in [1.82, 2.24) is 9.88 Å². The summed E-state index contributed by atoms with van der Waals surface area (Å²) in [5.41, 5.74) is 0.804. The van der Waals surface area contributed by atoms with Gasteiger partial charge in [-0.3, -0.25) is 9.59 Å². The molecule has 0 fully saturated rings. The number of hydrogen-bond donors (Lipinski definition) is 1. The molecule has 2 heterocycles. The Kier molecular flexibility index (Phi) is 4.99. The summed E-state index contributed by atoms with van der Waals surface area (Å²) in [5, 5.41) is 2.80. The Bertz CT molecular complexity index is 927. The largest absolute Gasteiger partial charge is 0.497 e. The Morgan fingerprint density at radius 3 is 2.84 bits per heavy atom. The number of methoxy groups -OCH3 is 1. The zero-order valence-electron chi connectivity index (χ0n) is 13.8. The predicted molar refractivity (Wildman–Crippen MR) is 92.7 cm³/mol. The van der Waals surface area contributed by atoms with Gasteiger partial charge in [-0.25, -0.2) is 0 Å². The third-order valence-electron chi connectivity index (χ3n) is 3.70. The van der Waals surface area contributed by atoms with Crippen LogP contribution in [-0.4, -0.2) is 17.6 Å². The quantitative estimate of drug-likeness (QED) is 0.749. The maximum atomic E-state index is 12.2. The summed E-state index contributed by atoms with van der Waals surface area (Å²) >= 11 is 0. The smallest absolute Gasteiger partial charge is 0.287 e. The molecule has 128 valence electrons. The molecule has 0 radical (unpaired) electrons. The van der Waals surface area contributed by atoms with Crippen molar-refractivity contribution in [3.63, 3.8) is 0 Å². The second-order valence-corrected chi connectivity index (χ2v) is 5.47. The van der Waals surface area contributed by atoms with Crippen LogP contribution in [0.1, 0.15) is 21.9 Å². The number of pyridine rings is 1. The number of carbonyl (C=O) groups excluding carboxylic acids is 1. The highest BCUT2D eigenvalue weighted by molar-refractivity contribution is 5.91. The van der Waals surface area contributed by atoms with E-state index in [1.807, 2.05) is 24.3 Å². The van der Waals surface area contributed by atoms with Crippen LogP contribution in [0.25, 0.3) is 0 Å². The van der Waals surface area contributed by atoms with Gasteiger partial charge in [0.05, 0.1) is 13.7 Å². The number of rotatable bonds is 6. The average Bonchev–Trinajstić information content (AvgIpc) is 3.10. The lowest BCUT2D eigenvalue weighted by molar-refractivity contribution is 0.0921. The van der Waals surface area contributed by atoms with E-state index in [1.165, 1.54) is 10.6 Å². The summed E-state index contributed by atoms with van der Waals surface area (Å²) in [4.78, 5) is 23.9. The van der Waals surface area contributed by atoms with Gasteiger partial charge in [0.15, 0.2) is 5.76 Å². The van der Waals surface area contributed by atoms with E-state index in [0.717, 1.165) is 11.3 Å². The van der Waals surface area contributed by atoms with E-state index in [2.05, 4.69) is 5.32 Å². The van der Waals surface area contributed by atoms with E-state index in [1.54, 1.807) is 37.6 Å². The van der Waals surface area contributed by atoms with Crippen LogP contribution in [0.4, 0.5) is 0 Å². The highest BCUT2D eigenvalue weighted by atomic mass is 16.5. The van der Waals surface area contributed by atoms with Gasteiger partial charge in [0.1, 0.15) is 11.5 Å². The first kappa shape index (κ1) is 16.6. The van der Waals surface area contributed by atoms with Crippen molar-refractivity contribution < 1.29 is 13.9 Å². The van der Waals surface area contributed by atoms with Crippen LogP contribution in [0.2, 0.25) is 0 Å². The molecule has 0 aliphatic rings. The van der Waals surface area contributed by atoms with E-state index in [9.17, 15) is 9.59 Å². The Morgan fingerprint density at radius 2 is 2.04 bits per heavy atom. The molecule has 1 amide bonds. The van der Waals surface area contributed by atoms with Gasteiger partial charge in [-0.15, -0.1) is 0 Å². The first-order chi connectivity index (χ1) is 12.2. The number of aromatic nitrogens is 1. The maximum absolute atomic E-state index is 12.2. The molecule has 1 N–H and O–H groups in total. The van der Waals surface area contributed by atoms with Crippen molar-refractivity contribution in [2.75, 3.05) is 7.11 Å². The van der Waals surface area contributed by atoms with Crippen LogP contribution in [0.3, 0.4) is 0 Å². The molecule has 1 aromatic carbocycles. The first-order valence-corrected chi connectivity index (χ1v) is 7.81. The first-order valence-electron chi connectivity index (χ1n) is 7.81. The molecular weight excluding hydrogens is 320 g/mol. The van der Waals surface area contributed by atoms with Crippen molar-refractivity contribution in [2.45, 2.75) is 13.1 Å². The summed E-state index contributed by atoms with van der Waals surface area (Å²) in [6.07, 6.45) is 1.67. The van der Waals surface area contributed by atoms with E-state index < -0.39 is 0 Å². The molecule has 0 aliphatic carbocycles. The highest BCUT2D eigenvalue weighted by Gasteiger charge is 2.11. The van der Waals surface area contributed by atoms with Crippen molar-refractivity contribution in [1.29, 1.82) is 0 Å². The summed E-state index contributed by atoms with van der Waals surface area (Å²) in [5.74, 6) is 1.18. The minimum absolute atomic E-state index is 0.122. The summed E-state index contributed by atoms with van der Waals surface area (Å²) < 4.78 is 12.2. The van der Waals surface area contributed by atoms with Gasteiger partial charge >= 0.3 is 0 Å². The Hall–Kier alpha value is -3.28. The second kappa shape index (κ2) is 7.53. The summed E-state index contributed by atoms with van der Waals surface area (Å²) in [6.45, 7) is 0.646. The molecular formula is C19H18N2O4. The van der Waals surface area contributed by atoms with Gasteiger partial charge in [-0.05, 0) is 35.9 Å². The van der Waals surface area contributed by atoms with Crippen LogP contribution in [-0.2, 0) is 13.1 Å². The Labute approximate surface area is 144 Å². The van der Waals surface area contributed by atoms with Crippen molar-refractivity contribution >= 4 is 5.91 Å². The van der Waals surface area contributed by atoms with Crippen molar-refractivity contribution in [2.24, 2.45) is 0 Å². The molecule has 0 saturated carbocycles. The lowest BCUT2D eigenvalue weighted by Crippen LogP contribution is -2.22. The Balaban J connectivity index is 1.62. The number of amides is 1. The topological polar surface area (TPSA) is 73.5 Å². The number of benzene rings is 1. The summed E-state index contributed by atoms with van der Waals surface area (Å²) in [6, 6.07) is 15.7. The normalized spacial score (nSPS) is 10.4.